The molecular weight excluding hydrogens is 258 g/mol. The zero-order valence-electron chi connectivity index (χ0n) is 12.0. The summed E-state index contributed by atoms with van der Waals surface area (Å²) < 4.78 is 0. The van der Waals surface area contributed by atoms with E-state index in [1.165, 1.54) is 0 Å². The minimum absolute atomic E-state index is 0.0805. The van der Waals surface area contributed by atoms with Crippen molar-refractivity contribution in [1.82, 2.24) is 15.5 Å². The number of carbonyl (C=O) groups is 1. The Bertz CT molecular complexity index is 559. The molecule has 1 aliphatic rings. The Kier molecular flexibility index (Phi) is 4.23. The molecule has 1 heterocycles. The minimum Gasteiger partial charge on any atom is -0.388 e. The van der Waals surface area contributed by atoms with Crippen LogP contribution in [-0.2, 0) is 0 Å². The number of hydrogen-bond donors (Lipinski definition) is 3. The molecule has 1 saturated carbocycles. The zero-order valence-corrected chi connectivity index (χ0v) is 12.0. The second-order valence-corrected chi connectivity index (χ2v) is 5.61. The maximum Gasteiger partial charge on any atom is 0.277 e. The number of aliphatic hydroxyl groups is 1. The van der Waals surface area contributed by atoms with Gasteiger partial charge < -0.3 is 10.4 Å². The highest BCUT2D eigenvalue weighted by Crippen LogP contribution is 2.27. The number of hydrogen-bond acceptors (Lipinski definition) is 4. The molecule has 1 aromatic rings. The second kappa shape index (κ2) is 5.75. The summed E-state index contributed by atoms with van der Waals surface area (Å²) in [6, 6.07) is 0. The highest BCUT2D eigenvalue weighted by atomic mass is 16.3. The maximum absolute atomic E-state index is 12.2. The number of aromatic amines is 1. The summed E-state index contributed by atoms with van der Waals surface area (Å²) in [6.07, 6.45) is 4.45. The van der Waals surface area contributed by atoms with Crippen LogP contribution < -0.4 is 10.9 Å². The van der Waals surface area contributed by atoms with Crippen molar-refractivity contribution in [1.29, 1.82) is 0 Å². The first-order chi connectivity index (χ1) is 9.43. The van der Waals surface area contributed by atoms with Crippen LogP contribution in [0.25, 0.3) is 0 Å². The first-order valence-electron chi connectivity index (χ1n) is 6.99. The molecule has 0 saturated heterocycles. The Morgan fingerprint density at radius 3 is 2.65 bits per heavy atom. The number of rotatable bonds is 3. The lowest BCUT2D eigenvalue weighted by Gasteiger charge is -2.32. The van der Waals surface area contributed by atoms with Crippen LogP contribution in [0.15, 0.2) is 4.79 Å². The molecule has 6 heteroatoms. The standard InChI is InChI=1S/C14H21N3O3/c1-9-10(2)16-17-13(19)11(9)12(18)15-8-14(20)6-4-3-5-7-14/h20H,3-8H2,1-2H3,(H,15,18)(H,17,19). The van der Waals surface area contributed by atoms with Crippen LogP contribution in [0.2, 0.25) is 0 Å². The highest BCUT2D eigenvalue weighted by Gasteiger charge is 2.30. The van der Waals surface area contributed by atoms with Gasteiger partial charge in [0.2, 0.25) is 0 Å². The summed E-state index contributed by atoms with van der Waals surface area (Å²) in [6.45, 7) is 3.62. The Balaban J connectivity index is 2.09. The number of carbonyl (C=O) groups excluding carboxylic acids is 1. The van der Waals surface area contributed by atoms with Crippen molar-refractivity contribution in [3.63, 3.8) is 0 Å². The number of H-pyrrole nitrogens is 1. The lowest BCUT2D eigenvalue weighted by atomic mass is 9.85. The van der Waals surface area contributed by atoms with Crippen molar-refractivity contribution >= 4 is 5.91 Å². The molecule has 0 aliphatic heterocycles. The van der Waals surface area contributed by atoms with Crippen LogP contribution in [0.4, 0.5) is 0 Å². The molecule has 0 aromatic carbocycles. The average molecular weight is 279 g/mol. The van der Waals surface area contributed by atoms with Gasteiger partial charge in [0.15, 0.2) is 0 Å². The summed E-state index contributed by atoms with van der Waals surface area (Å²) >= 11 is 0. The summed E-state index contributed by atoms with van der Waals surface area (Å²) in [4.78, 5) is 23.9. The molecule has 1 fully saturated rings. The van der Waals surface area contributed by atoms with Crippen LogP contribution in [0.5, 0.6) is 0 Å². The summed E-state index contributed by atoms with van der Waals surface area (Å²) in [5, 5.41) is 19.2. The predicted octanol–water partition coefficient (Wildman–Crippen LogP) is 0.812. The van der Waals surface area contributed by atoms with E-state index in [2.05, 4.69) is 15.5 Å². The number of aromatic nitrogens is 2. The molecule has 1 amide bonds. The van der Waals surface area contributed by atoms with Crippen molar-refractivity contribution in [2.24, 2.45) is 0 Å². The van der Waals surface area contributed by atoms with E-state index in [1.807, 2.05) is 0 Å². The van der Waals surface area contributed by atoms with Gasteiger partial charge in [0.05, 0.1) is 11.3 Å². The van der Waals surface area contributed by atoms with E-state index < -0.39 is 17.1 Å². The zero-order chi connectivity index (χ0) is 14.8. The molecule has 0 spiro atoms. The fourth-order valence-electron chi connectivity index (χ4n) is 2.62. The monoisotopic (exact) mass is 279 g/mol. The van der Waals surface area contributed by atoms with Gasteiger partial charge >= 0.3 is 0 Å². The molecule has 6 nitrogen and oxygen atoms in total. The van der Waals surface area contributed by atoms with Crippen molar-refractivity contribution < 1.29 is 9.90 Å². The quantitative estimate of drug-likeness (QED) is 0.763. The van der Waals surface area contributed by atoms with E-state index >= 15 is 0 Å². The van der Waals surface area contributed by atoms with Crippen LogP contribution >= 0.6 is 0 Å². The van der Waals surface area contributed by atoms with E-state index in [9.17, 15) is 14.7 Å². The van der Waals surface area contributed by atoms with E-state index in [4.69, 9.17) is 0 Å². The molecule has 0 radical (unpaired) electrons. The van der Waals surface area contributed by atoms with Crippen LogP contribution in [0.1, 0.15) is 53.7 Å². The first-order valence-corrected chi connectivity index (χ1v) is 6.99. The topological polar surface area (TPSA) is 95.1 Å². The van der Waals surface area contributed by atoms with E-state index in [1.54, 1.807) is 13.8 Å². The normalized spacial score (nSPS) is 17.8. The van der Waals surface area contributed by atoms with E-state index in [-0.39, 0.29) is 12.1 Å². The third-order valence-corrected chi connectivity index (χ3v) is 4.06. The summed E-state index contributed by atoms with van der Waals surface area (Å²) in [7, 11) is 0. The van der Waals surface area contributed by atoms with Gasteiger partial charge in [0.25, 0.3) is 11.5 Å². The van der Waals surface area contributed by atoms with E-state index in [0.29, 0.717) is 24.1 Å². The Morgan fingerprint density at radius 1 is 1.35 bits per heavy atom. The van der Waals surface area contributed by atoms with Gasteiger partial charge in [-0.05, 0) is 32.3 Å². The highest BCUT2D eigenvalue weighted by molar-refractivity contribution is 5.95. The number of nitrogens with one attached hydrogen (secondary N) is 2. The molecule has 0 unspecified atom stereocenters. The third kappa shape index (κ3) is 3.07. The maximum atomic E-state index is 12.2. The number of aryl methyl sites for hydroxylation is 1. The summed E-state index contributed by atoms with van der Waals surface area (Å²) in [5.41, 5.74) is -0.0671. The SMILES string of the molecule is Cc1n[nH]c(=O)c(C(=O)NCC2(O)CCCCC2)c1C. The largest absolute Gasteiger partial charge is 0.388 e. The fraction of sp³-hybridized carbons (Fsp3) is 0.643. The molecule has 3 N–H and O–H groups in total. The van der Waals surface area contributed by atoms with Crippen molar-refractivity contribution in [3.8, 4) is 0 Å². The van der Waals surface area contributed by atoms with Gasteiger partial charge in [-0.1, -0.05) is 19.3 Å². The number of nitrogens with zero attached hydrogens (tertiary/aromatic N) is 1. The predicted molar refractivity (Wildman–Crippen MR) is 74.7 cm³/mol. The molecule has 0 atom stereocenters. The lowest BCUT2D eigenvalue weighted by Crippen LogP contribution is -2.45. The first kappa shape index (κ1) is 14.7. The van der Waals surface area contributed by atoms with Gasteiger partial charge in [0, 0.05) is 6.54 Å². The van der Waals surface area contributed by atoms with Gasteiger partial charge in [-0.3, -0.25) is 9.59 Å². The van der Waals surface area contributed by atoms with Crippen molar-refractivity contribution in [2.45, 2.75) is 51.6 Å². The van der Waals surface area contributed by atoms with Crippen LogP contribution in [0, 0.1) is 13.8 Å². The molecule has 20 heavy (non-hydrogen) atoms. The molecule has 1 aromatic heterocycles. The Hall–Kier alpha value is -1.69. The second-order valence-electron chi connectivity index (χ2n) is 5.61. The van der Waals surface area contributed by atoms with Gasteiger partial charge in [-0.25, -0.2) is 5.10 Å². The van der Waals surface area contributed by atoms with Crippen molar-refractivity contribution in [2.75, 3.05) is 6.54 Å². The van der Waals surface area contributed by atoms with Gasteiger partial charge in [-0.15, -0.1) is 0 Å². The van der Waals surface area contributed by atoms with Crippen LogP contribution in [-0.4, -0.2) is 33.4 Å². The van der Waals surface area contributed by atoms with E-state index in [0.717, 1.165) is 19.3 Å². The Labute approximate surface area is 117 Å². The smallest absolute Gasteiger partial charge is 0.277 e. The van der Waals surface area contributed by atoms with Crippen molar-refractivity contribution in [3.05, 3.63) is 27.2 Å². The molecule has 2 rings (SSSR count). The summed E-state index contributed by atoms with van der Waals surface area (Å²) in [5.74, 6) is -0.451. The van der Waals surface area contributed by atoms with Crippen LogP contribution in [0.3, 0.4) is 0 Å². The molecular formula is C14H21N3O3. The van der Waals surface area contributed by atoms with Gasteiger partial charge in [-0.2, -0.15) is 5.10 Å². The third-order valence-electron chi connectivity index (χ3n) is 4.06. The fourth-order valence-corrected chi connectivity index (χ4v) is 2.62. The Morgan fingerprint density at radius 2 is 2.00 bits per heavy atom. The molecule has 0 bridgehead atoms. The average Bonchev–Trinajstić information content (AvgIpc) is 2.42. The van der Waals surface area contributed by atoms with Gasteiger partial charge in [0.1, 0.15) is 5.56 Å². The molecule has 1 aliphatic carbocycles. The molecule has 110 valence electrons. The lowest BCUT2D eigenvalue weighted by molar-refractivity contribution is 0.00523. The number of amides is 1. The minimum atomic E-state index is -0.837.